The van der Waals surface area contributed by atoms with Gasteiger partial charge in [0, 0.05) is 31.6 Å². The molecule has 0 saturated carbocycles. The summed E-state index contributed by atoms with van der Waals surface area (Å²) in [6, 6.07) is 0. The number of amides is 1. The molecule has 2 N–H and O–H groups in total. The number of rotatable bonds is 0. The van der Waals surface area contributed by atoms with E-state index < -0.39 is 12.1 Å². The van der Waals surface area contributed by atoms with Gasteiger partial charge < -0.3 is 15.3 Å². The van der Waals surface area contributed by atoms with Gasteiger partial charge in [0.1, 0.15) is 0 Å². The molecule has 0 unspecified atom stereocenters. The van der Waals surface area contributed by atoms with E-state index in [0.29, 0.717) is 0 Å². The van der Waals surface area contributed by atoms with Gasteiger partial charge in [-0.25, -0.2) is 4.79 Å². The Morgan fingerprint density at radius 1 is 1.11 bits per heavy atom. The van der Waals surface area contributed by atoms with Crippen LogP contribution in [-0.2, 0) is 9.59 Å². The summed E-state index contributed by atoms with van der Waals surface area (Å²) in [6.07, 6.45) is -5.08. The van der Waals surface area contributed by atoms with Crippen molar-refractivity contribution in [1.29, 1.82) is 0 Å². The van der Waals surface area contributed by atoms with Gasteiger partial charge in [-0.05, 0) is 0 Å². The molecule has 1 heterocycles. The van der Waals surface area contributed by atoms with Crippen LogP contribution in [0.2, 0.25) is 0 Å². The van der Waals surface area contributed by atoms with Crippen LogP contribution in [0.3, 0.4) is 0 Å². The molecule has 1 fully saturated rings. The zero-order valence-electron chi connectivity index (χ0n) is 11.2. The van der Waals surface area contributed by atoms with Crippen molar-refractivity contribution in [3.63, 3.8) is 0 Å². The van der Waals surface area contributed by atoms with E-state index >= 15 is 0 Å². The molecule has 0 spiro atoms. The van der Waals surface area contributed by atoms with E-state index in [1.807, 2.05) is 25.7 Å². The third-order valence-corrected chi connectivity index (χ3v) is 2.29. The highest BCUT2D eigenvalue weighted by molar-refractivity contribution is 5.81. The van der Waals surface area contributed by atoms with Gasteiger partial charge in [-0.3, -0.25) is 4.79 Å². The summed E-state index contributed by atoms with van der Waals surface area (Å²) in [5.41, 5.74) is -0.225. The third kappa shape index (κ3) is 7.00. The van der Waals surface area contributed by atoms with Crippen LogP contribution in [-0.4, -0.2) is 54.2 Å². The second-order valence-corrected chi connectivity index (χ2v) is 5.10. The van der Waals surface area contributed by atoms with E-state index in [1.165, 1.54) is 0 Å². The molecule has 0 radical (unpaired) electrons. The Balaban J connectivity index is 0.000000399. The van der Waals surface area contributed by atoms with Crippen LogP contribution >= 0.6 is 0 Å². The van der Waals surface area contributed by atoms with E-state index in [1.54, 1.807) is 0 Å². The SMILES string of the molecule is CC(C)(C)C(=O)N1CCNCC1.O=C(O)C(F)(F)F. The van der Waals surface area contributed by atoms with Crippen molar-refractivity contribution in [3.8, 4) is 0 Å². The first kappa shape index (κ1) is 17.7. The summed E-state index contributed by atoms with van der Waals surface area (Å²) in [7, 11) is 0. The van der Waals surface area contributed by atoms with Crippen molar-refractivity contribution in [2.75, 3.05) is 26.2 Å². The van der Waals surface area contributed by atoms with Gasteiger partial charge in [0.2, 0.25) is 5.91 Å². The molecule has 8 heteroatoms. The summed E-state index contributed by atoms with van der Waals surface area (Å²) in [5, 5.41) is 10.4. The molecule has 1 saturated heterocycles. The predicted octanol–water partition coefficient (Wildman–Crippen LogP) is 1.10. The average Bonchev–Trinajstić information content (AvgIpc) is 2.27. The van der Waals surface area contributed by atoms with Gasteiger partial charge >= 0.3 is 12.1 Å². The van der Waals surface area contributed by atoms with E-state index in [4.69, 9.17) is 9.90 Å². The Kier molecular flexibility index (Phi) is 6.28. The Labute approximate surface area is 109 Å². The van der Waals surface area contributed by atoms with Gasteiger partial charge in [0.05, 0.1) is 0 Å². The molecule has 1 amide bonds. The van der Waals surface area contributed by atoms with Crippen LogP contribution in [0, 0.1) is 5.41 Å². The molecule has 5 nitrogen and oxygen atoms in total. The molecule has 0 aliphatic carbocycles. The van der Waals surface area contributed by atoms with Crippen LogP contribution in [0.5, 0.6) is 0 Å². The summed E-state index contributed by atoms with van der Waals surface area (Å²) >= 11 is 0. The molecule has 1 aliphatic heterocycles. The number of carbonyl (C=O) groups excluding carboxylic acids is 1. The summed E-state index contributed by atoms with van der Waals surface area (Å²) in [5.74, 6) is -2.49. The van der Waals surface area contributed by atoms with Gasteiger partial charge in [0.25, 0.3) is 0 Å². The highest BCUT2D eigenvalue weighted by atomic mass is 19.4. The number of aliphatic carboxylic acids is 1. The monoisotopic (exact) mass is 284 g/mol. The quantitative estimate of drug-likeness (QED) is 0.699. The maximum atomic E-state index is 11.7. The van der Waals surface area contributed by atoms with Gasteiger partial charge in [-0.15, -0.1) is 0 Å². The predicted molar refractivity (Wildman–Crippen MR) is 62.6 cm³/mol. The second-order valence-electron chi connectivity index (χ2n) is 5.10. The zero-order chi connectivity index (χ0) is 15.3. The van der Waals surface area contributed by atoms with Crippen LogP contribution in [0.4, 0.5) is 13.2 Å². The van der Waals surface area contributed by atoms with Crippen molar-refractivity contribution < 1.29 is 27.9 Å². The van der Waals surface area contributed by atoms with Crippen molar-refractivity contribution in [1.82, 2.24) is 10.2 Å². The first-order valence-electron chi connectivity index (χ1n) is 5.76. The fourth-order valence-electron chi connectivity index (χ4n) is 1.34. The molecule has 1 rings (SSSR count). The normalized spacial score (nSPS) is 16.4. The minimum atomic E-state index is -5.08. The number of carboxylic acid groups (broad SMARTS) is 1. The fourth-order valence-corrected chi connectivity index (χ4v) is 1.34. The van der Waals surface area contributed by atoms with Crippen LogP contribution in [0.15, 0.2) is 0 Å². The van der Waals surface area contributed by atoms with Gasteiger partial charge in [-0.1, -0.05) is 20.8 Å². The lowest BCUT2D eigenvalue weighted by molar-refractivity contribution is -0.192. The van der Waals surface area contributed by atoms with E-state index in [2.05, 4.69) is 5.32 Å². The van der Waals surface area contributed by atoms with E-state index in [9.17, 15) is 18.0 Å². The van der Waals surface area contributed by atoms with Crippen molar-refractivity contribution in [3.05, 3.63) is 0 Å². The molecule has 0 atom stereocenters. The van der Waals surface area contributed by atoms with Crippen molar-refractivity contribution >= 4 is 11.9 Å². The molecule has 19 heavy (non-hydrogen) atoms. The zero-order valence-corrected chi connectivity index (χ0v) is 11.2. The average molecular weight is 284 g/mol. The van der Waals surface area contributed by atoms with E-state index in [-0.39, 0.29) is 11.3 Å². The van der Waals surface area contributed by atoms with Gasteiger partial charge in [-0.2, -0.15) is 13.2 Å². The molecule has 0 aromatic rings. The van der Waals surface area contributed by atoms with Crippen molar-refractivity contribution in [2.24, 2.45) is 5.41 Å². The summed E-state index contributed by atoms with van der Waals surface area (Å²) in [4.78, 5) is 22.6. The molecule has 0 aromatic carbocycles. The van der Waals surface area contributed by atoms with Crippen LogP contribution in [0.1, 0.15) is 20.8 Å². The second kappa shape index (κ2) is 6.74. The smallest absolute Gasteiger partial charge is 0.475 e. The Hall–Kier alpha value is -1.31. The number of carboxylic acids is 1. The molecule has 0 aromatic heterocycles. The third-order valence-electron chi connectivity index (χ3n) is 2.29. The lowest BCUT2D eigenvalue weighted by Crippen LogP contribution is -2.49. The Morgan fingerprint density at radius 2 is 1.47 bits per heavy atom. The molecule has 1 aliphatic rings. The number of halogens is 3. The topological polar surface area (TPSA) is 69.6 Å². The summed E-state index contributed by atoms with van der Waals surface area (Å²) in [6.45, 7) is 9.49. The molecule has 0 bridgehead atoms. The Morgan fingerprint density at radius 3 is 1.74 bits per heavy atom. The fraction of sp³-hybridized carbons (Fsp3) is 0.818. The lowest BCUT2D eigenvalue weighted by atomic mass is 9.94. The summed E-state index contributed by atoms with van der Waals surface area (Å²) < 4.78 is 31.7. The number of carbonyl (C=O) groups is 2. The first-order valence-corrected chi connectivity index (χ1v) is 5.76. The number of nitrogens with zero attached hydrogens (tertiary/aromatic N) is 1. The molecular formula is C11H19F3N2O3. The van der Waals surface area contributed by atoms with Gasteiger partial charge in [0.15, 0.2) is 0 Å². The minimum Gasteiger partial charge on any atom is -0.475 e. The highest BCUT2D eigenvalue weighted by Crippen LogP contribution is 2.17. The number of hydrogen-bond donors (Lipinski definition) is 2. The number of hydrogen-bond acceptors (Lipinski definition) is 3. The largest absolute Gasteiger partial charge is 0.490 e. The first-order chi connectivity index (χ1) is 8.46. The lowest BCUT2D eigenvalue weighted by Gasteiger charge is -2.32. The molecular weight excluding hydrogens is 265 g/mol. The number of nitrogens with one attached hydrogen (secondary N) is 1. The maximum Gasteiger partial charge on any atom is 0.490 e. The van der Waals surface area contributed by atoms with Crippen LogP contribution in [0.25, 0.3) is 0 Å². The standard InChI is InChI=1S/C9H18N2O.C2HF3O2/c1-9(2,3)8(12)11-6-4-10-5-7-11;3-2(4,5)1(6)7/h10H,4-7H2,1-3H3;(H,6,7). The van der Waals surface area contributed by atoms with Crippen LogP contribution < -0.4 is 5.32 Å². The Bertz CT molecular complexity index is 318. The maximum absolute atomic E-state index is 11.7. The highest BCUT2D eigenvalue weighted by Gasteiger charge is 2.38. The molecule has 112 valence electrons. The number of alkyl halides is 3. The van der Waals surface area contributed by atoms with Crippen molar-refractivity contribution in [2.45, 2.75) is 26.9 Å². The minimum absolute atomic E-state index is 0.225. The number of piperazine rings is 1. The van der Waals surface area contributed by atoms with E-state index in [0.717, 1.165) is 26.2 Å².